The SMILES string of the molecule is CCC1=CC2N=INC2C=C1. The van der Waals surface area contributed by atoms with Crippen LogP contribution in [0, 0.1) is 0 Å². The molecule has 2 atom stereocenters. The molecule has 0 fully saturated rings. The molecule has 0 saturated carbocycles. The largest absolute Gasteiger partial charge is 0.242 e. The second kappa shape index (κ2) is 3.15. The van der Waals surface area contributed by atoms with Gasteiger partial charge in [-0.15, -0.1) is 0 Å². The van der Waals surface area contributed by atoms with Gasteiger partial charge in [-0.2, -0.15) is 0 Å². The highest BCUT2D eigenvalue weighted by molar-refractivity contribution is 14.1. The summed E-state index contributed by atoms with van der Waals surface area (Å²) in [6.45, 7) is 2.19. The molecule has 2 rings (SSSR count). The summed E-state index contributed by atoms with van der Waals surface area (Å²) >= 11 is -0.0565. The van der Waals surface area contributed by atoms with E-state index in [9.17, 15) is 0 Å². The van der Waals surface area contributed by atoms with Gasteiger partial charge >= 0.3 is 0 Å². The molecule has 60 valence electrons. The predicted molar refractivity (Wildman–Crippen MR) is 54.7 cm³/mol. The number of rotatable bonds is 1. The van der Waals surface area contributed by atoms with Gasteiger partial charge in [0.25, 0.3) is 0 Å². The van der Waals surface area contributed by atoms with Crippen LogP contribution in [0.3, 0.4) is 0 Å². The Hall–Kier alpha value is -0.0300. The van der Waals surface area contributed by atoms with Crippen LogP contribution in [0.25, 0.3) is 0 Å². The first-order valence-corrected chi connectivity index (χ1v) is 5.92. The van der Waals surface area contributed by atoms with Gasteiger partial charge in [0.2, 0.25) is 0 Å². The number of nitrogens with zero attached hydrogens (tertiary/aromatic N) is 1. The molecule has 0 saturated heterocycles. The Bertz CT molecular complexity index is 242. The lowest BCUT2D eigenvalue weighted by molar-refractivity contribution is 0.694. The highest BCUT2D eigenvalue weighted by atomic mass is 127. The predicted octanol–water partition coefficient (Wildman–Crippen LogP) is 2.30. The van der Waals surface area contributed by atoms with E-state index < -0.39 is 0 Å². The van der Waals surface area contributed by atoms with Crippen molar-refractivity contribution >= 4 is 21.3 Å². The van der Waals surface area contributed by atoms with Crippen molar-refractivity contribution in [1.82, 2.24) is 3.53 Å². The summed E-state index contributed by atoms with van der Waals surface area (Å²) in [5.41, 5.74) is 1.43. The third kappa shape index (κ3) is 1.44. The van der Waals surface area contributed by atoms with E-state index in [1.807, 2.05) is 0 Å². The van der Waals surface area contributed by atoms with Gasteiger partial charge in [0.15, 0.2) is 0 Å². The Kier molecular flexibility index (Phi) is 2.18. The van der Waals surface area contributed by atoms with Gasteiger partial charge in [-0.25, -0.2) is 6.68 Å². The molecule has 0 aromatic heterocycles. The number of allylic oxidation sites excluding steroid dienone is 2. The number of nitrogens with one attached hydrogen (secondary N) is 1. The maximum Gasteiger partial charge on any atom is 0.0950 e. The fourth-order valence-corrected chi connectivity index (χ4v) is 3.17. The Labute approximate surface area is 77.3 Å². The Morgan fingerprint density at radius 1 is 1.73 bits per heavy atom. The zero-order valence-corrected chi connectivity index (χ0v) is 8.58. The summed E-state index contributed by atoms with van der Waals surface area (Å²) in [6.07, 6.45) is 7.90. The lowest BCUT2D eigenvalue weighted by Crippen LogP contribution is -2.27. The lowest BCUT2D eigenvalue weighted by Gasteiger charge is -2.15. The van der Waals surface area contributed by atoms with Crippen LogP contribution in [0.5, 0.6) is 0 Å². The summed E-state index contributed by atoms with van der Waals surface area (Å²) in [4.78, 5) is 0. The third-order valence-corrected chi connectivity index (χ3v) is 3.93. The molecule has 0 aromatic carbocycles. The minimum absolute atomic E-state index is 0.0565. The Morgan fingerprint density at radius 3 is 3.45 bits per heavy atom. The van der Waals surface area contributed by atoms with Crippen molar-refractivity contribution in [2.45, 2.75) is 25.4 Å². The van der Waals surface area contributed by atoms with Gasteiger partial charge in [-0.1, -0.05) is 30.7 Å². The average molecular weight is 262 g/mol. The quantitative estimate of drug-likeness (QED) is 0.569. The van der Waals surface area contributed by atoms with Gasteiger partial charge in [0, 0.05) is 0 Å². The van der Waals surface area contributed by atoms with Crippen LogP contribution in [0.4, 0.5) is 0 Å². The van der Waals surface area contributed by atoms with Crippen LogP contribution >= 0.6 is 21.3 Å². The standard InChI is InChI=1S/C8H11IN2/c1-2-6-3-4-7-8(5-6)11-9-10-7/h3-5,7-8H,2H2,1H3,(H,10,11). The molecule has 1 aliphatic heterocycles. The molecule has 1 N–H and O–H groups in total. The minimum atomic E-state index is -0.0565. The molecule has 1 heterocycles. The summed E-state index contributed by atoms with van der Waals surface area (Å²) in [5.74, 6) is 0. The van der Waals surface area contributed by atoms with Gasteiger partial charge in [-0.05, 0) is 6.42 Å². The van der Waals surface area contributed by atoms with Crippen molar-refractivity contribution in [3.05, 3.63) is 23.8 Å². The van der Waals surface area contributed by atoms with Gasteiger partial charge in [0.05, 0.1) is 33.4 Å². The van der Waals surface area contributed by atoms with E-state index >= 15 is 0 Å². The van der Waals surface area contributed by atoms with E-state index in [-0.39, 0.29) is 21.3 Å². The number of hydrogen-bond donors (Lipinski definition) is 1. The molecule has 2 unspecified atom stereocenters. The minimum Gasteiger partial charge on any atom is -0.242 e. The molecule has 2 aliphatic rings. The summed E-state index contributed by atoms with van der Waals surface area (Å²) < 4.78 is 7.94. The Morgan fingerprint density at radius 2 is 2.64 bits per heavy atom. The first-order chi connectivity index (χ1) is 5.40. The van der Waals surface area contributed by atoms with E-state index in [1.165, 1.54) is 5.57 Å². The highest BCUT2D eigenvalue weighted by Crippen LogP contribution is 2.24. The normalized spacial score (nSPS) is 34.5. The van der Waals surface area contributed by atoms with Crippen molar-refractivity contribution in [3.8, 4) is 0 Å². The molecule has 3 heteroatoms. The maximum absolute atomic E-state index is 4.53. The van der Waals surface area contributed by atoms with Crippen LogP contribution in [-0.2, 0) is 0 Å². The van der Waals surface area contributed by atoms with Crippen molar-refractivity contribution in [3.63, 3.8) is 0 Å². The van der Waals surface area contributed by atoms with Crippen LogP contribution in [0.2, 0.25) is 0 Å². The van der Waals surface area contributed by atoms with Crippen LogP contribution in [0.1, 0.15) is 13.3 Å². The van der Waals surface area contributed by atoms with Crippen LogP contribution in [-0.4, -0.2) is 12.1 Å². The zero-order valence-electron chi connectivity index (χ0n) is 6.42. The topological polar surface area (TPSA) is 24.4 Å². The first kappa shape index (κ1) is 7.61. The molecular weight excluding hydrogens is 251 g/mol. The van der Waals surface area contributed by atoms with E-state index in [1.54, 1.807) is 0 Å². The molecular formula is C8H11IN2. The Balaban J connectivity index is 2.19. The van der Waals surface area contributed by atoms with E-state index in [0.717, 1.165) is 6.42 Å². The smallest absolute Gasteiger partial charge is 0.0950 e. The van der Waals surface area contributed by atoms with E-state index in [2.05, 4.69) is 31.8 Å². The van der Waals surface area contributed by atoms with Crippen molar-refractivity contribution in [2.24, 2.45) is 3.15 Å². The second-order valence-corrected chi connectivity index (χ2v) is 4.42. The number of hydrogen-bond acceptors (Lipinski definition) is 2. The highest BCUT2D eigenvalue weighted by Gasteiger charge is 2.22. The molecule has 0 bridgehead atoms. The van der Waals surface area contributed by atoms with Crippen LogP contribution in [0.15, 0.2) is 26.9 Å². The van der Waals surface area contributed by atoms with E-state index in [4.69, 9.17) is 0 Å². The maximum atomic E-state index is 4.53. The summed E-state index contributed by atoms with van der Waals surface area (Å²) in [6, 6.07) is 0.987. The summed E-state index contributed by atoms with van der Waals surface area (Å²) in [7, 11) is 0. The van der Waals surface area contributed by atoms with Gasteiger partial charge in [-0.3, -0.25) is 0 Å². The molecule has 2 nitrogen and oxygen atoms in total. The third-order valence-electron chi connectivity index (χ3n) is 2.01. The average Bonchev–Trinajstić information content (AvgIpc) is 2.50. The van der Waals surface area contributed by atoms with Crippen molar-refractivity contribution in [2.75, 3.05) is 0 Å². The lowest BCUT2D eigenvalue weighted by atomic mass is 9.98. The number of fused-ring (bicyclic) bond motifs is 1. The van der Waals surface area contributed by atoms with Crippen LogP contribution < -0.4 is 3.53 Å². The van der Waals surface area contributed by atoms with Gasteiger partial charge in [0.1, 0.15) is 0 Å². The molecule has 0 aromatic rings. The molecule has 11 heavy (non-hydrogen) atoms. The van der Waals surface area contributed by atoms with Crippen molar-refractivity contribution < 1.29 is 0 Å². The fourth-order valence-electron chi connectivity index (χ4n) is 1.29. The number of halogens is 1. The first-order valence-electron chi connectivity index (χ1n) is 3.88. The van der Waals surface area contributed by atoms with Crippen molar-refractivity contribution in [1.29, 1.82) is 0 Å². The second-order valence-electron chi connectivity index (χ2n) is 2.76. The van der Waals surface area contributed by atoms with Gasteiger partial charge < -0.3 is 0 Å². The molecule has 1 aliphatic carbocycles. The van der Waals surface area contributed by atoms with E-state index in [0.29, 0.717) is 12.1 Å². The fraction of sp³-hybridized carbons (Fsp3) is 0.500. The molecule has 0 radical (unpaired) electrons. The zero-order chi connectivity index (χ0) is 7.68. The molecule has 0 spiro atoms. The summed E-state index contributed by atoms with van der Waals surface area (Å²) in [5, 5.41) is 0. The monoisotopic (exact) mass is 262 g/mol. The molecule has 0 amide bonds.